The maximum atomic E-state index is 11.8. The fourth-order valence-corrected chi connectivity index (χ4v) is 3.12. The van der Waals surface area contributed by atoms with Gasteiger partial charge in [0.15, 0.2) is 0 Å². The number of piperidine rings is 1. The summed E-state index contributed by atoms with van der Waals surface area (Å²) in [6.45, 7) is 4.60. The number of hydrogen-bond acceptors (Lipinski definition) is 3. The molecule has 2 rings (SSSR count). The number of carbonyl (C=O) groups excluding carboxylic acids is 1. The molecule has 1 aromatic heterocycles. The SMILES string of the molecule is CC1CCCCN1CC(=O)NCCc1cccs1. The van der Waals surface area contributed by atoms with Gasteiger partial charge in [-0.2, -0.15) is 0 Å². The summed E-state index contributed by atoms with van der Waals surface area (Å²) in [5, 5.41) is 5.09. The summed E-state index contributed by atoms with van der Waals surface area (Å²) in [6, 6.07) is 4.72. The molecule has 1 saturated heterocycles. The summed E-state index contributed by atoms with van der Waals surface area (Å²) < 4.78 is 0. The second-order valence-electron chi connectivity index (χ2n) is 4.99. The van der Waals surface area contributed by atoms with Gasteiger partial charge in [0.25, 0.3) is 0 Å². The van der Waals surface area contributed by atoms with Crippen molar-refractivity contribution >= 4 is 17.2 Å². The van der Waals surface area contributed by atoms with Crippen LogP contribution in [0.3, 0.4) is 0 Å². The Bertz CT molecular complexity index is 364. The van der Waals surface area contributed by atoms with Crippen molar-refractivity contribution < 1.29 is 4.79 Å². The van der Waals surface area contributed by atoms with Crippen molar-refractivity contribution in [3.8, 4) is 0 Å². The van der Waals surface area contributed by atoms with Crippen molar-refractivity contribution in [3.63, 3.8) is 0 Å². The fourth-order valence-electron chi connectivity index (χ4n) is 2.41. The standard InChI is InChI=1S/C14H22N2OS/c1-12-5-2-3-9-16(12)11-14(17)15-8-7-13-6-4-10-18-13/h4,6,10,12H,2-3,5,7-9,11H2,1H3,(H,15,17). The van der Waals surface area contributed by atoms with Crippen LogP contribution in [0, 0.1) is 0 Å². The number of hydrogen-bond donors (Lipinski definition) is 1. The predicted octanol–water partition coefficient (Wildman–Crippen LogP) is 2.28. The van der Waals surface area contributed by atoms with Crippen LogP contribution in [-0.2, 0) is 11.2 Å². The molecular formula is C14H22N2OS. The Kier molecular flexibility index (Phi) is 5.20. The molecule has 0 aliphatic carbocycles. The van der Waals surface area contributed by atoms with E-state index in [0.29, 0.717) is 12.6 Å². The fraction of sp³-hybridized carbons (Fsp3) is 0.643. The van der Waals surface area contributed by atoms with Gasteiger partial charge in [-0.15, -0.1) is 11.3 Å². The first-order valence-corrected chi connectivity index (χ1v) is 7.67. The molecule has 18 heavy (non-hydrogen) atoms. The van der Waals surface area contributed by atoms with Crippen molar-refractivity contribution in [1.29, 1.82) is 0 Å². The third-order valence-corrected chi connectivity index (χ3v) is 4.50. The monoisotopic (exact) mass is 266 g/mol. The van der Waals surface area contributed by atoms with Crippen LogP contribution in [0.5, 0.6) is 0 Å². The van der Waals surface area contributed by atoms with Crippen LogP contribution in [0.2, 0.25) is 0 Å². The molecule has 1 aliphatic heterocycles. The maximum Gasteiger partial charge on any atom is 0.234 e. The Labute approximate surface area is 113 Å². The van der Waals surface area contributed by atoms with E-state index in [0.717, 1.165) is 19.5 Å². The first-order valence-electron chi connectivity index (χ1n) is 6.79. The minimum absolute atomic E-state index is 0.167. The molecule has 3 nitrogen and oxygen atoms in total. The highest BCUT2D eigenvalue weighted by atomic mass is 32.1. The van der Waals surface area contributed by atoms with Crippen molar-refractivity contribution in [3.05, 3.63) is 22.4 Å². The number of likely N-dealkylation sites (tertiary alicyclic amines) is 1. The lowest BCUT2D eigenvalue weighted by Crippen LogP contribution is -2.44. The molecule has 1 unspecified atom stereocenters. The molecule has 1 amide bonds. The zero-order valence-electron chi connectivity index (χ0n) is 11.0. The molecule has 4 heteroatoms. The molecule has 1 fully saturated rings. The van der Waals surface area contributed by atoms with Gasteiger partial charge in [-0.1, -0.05) is 12.5 Å². The molecule has 0 saturated carbocycles. The lowest BCUT2D eigenvalue weighted by molar-refractivity contribution is -0.123. The summed E-state index contributed by atoms with van der Waals surface area (Å²) in [5.74, 6) is 0.167. The normalized spacial score (nSPS) is 20.8. The lowest BCUT2D eigenvalue weighted by Gasteiger charge is -2.32. The summed E-state index contributed by atoms with van der Waals surface area (Å²) in [6.07, 6.45) is 4.70. The van der Waals surface area contributed by atoms with Gasteiger partial charge < -0.3 is 5.32 Å². The highest BCUT2D eigenvalue weighted by Crippen LogP contribution is 2.15. The molecule has 1 N–H and O–H groups in total. The Balaban J connectivity index is 1.65. The van der Waals surface area contributed by atoms with Crippen molar-refractivity contribution in [2.75, 3.05) is 19.6 Å². The summed E-state index contributed by atoms with van der Waals surface area (Å²) >= 11 is 1.75. The topological polar surface area (TPSA) is 32.3 Å². The van der Waals surface area contributed by atoms with Crippen LogP contribution < -0.4 is 5.32 Å². The van der Waals surface area contributed by atoms with Gasteiger partial charge in [-0.05, 0) is 44.2 Å². The van der Waals surface area contributed by atoms with Crippen LogP contribution in [0.1, 0.15) is 31.1 Å². The van der Waals surface area contributed by atoms with E-state index in [1.807, 2.05) is 0 Å². The quantitative estimate of drug-likeness (QED) is 0.887. The Morgan fingerprint density at radius 2 is 2.44 bits per heavy atom. The zero-order valence-corrected chi connectivity index (χ0v) is 11.8. The van der Waals surface area contributed by atoms with E-state index in [2.05, 4.69) is 34.7 Å². The first-order chi connectivity index (χ1) is 8.75. The van der Waals surface area contributed by atoms with E-state index in [1.165, 1.54) is 24.1 Å². The van der Waals surface area contributed by atoms with E-state index in [-0.39, 0.29) is 5.91 Å². The first kappa shape index (κ1) is 13.6. The van der Waals surface area contributed by atoms with Crippen molar-refractivity contribution in [2.24, 2.45) is 0 Å². The van der Waals surface area contributed by atoms with Gasteiger partial charge in [0.2, 0.25) is 5.91 Å². The van der Waals surface area contributed by atoms with Gasteiger partial charge in [0.05, 0.1) is 6.54 Å². The molecule has 1 aliphatic rings. The third-order valence-electron chi connectivity index (χ3n) is 3.56. The van der Waals surface area contributed by atoms with E-state index in [1.54, 1.807) is 11.3 Å². The van der Waals surface area contributed by atoms with Gasteiger partial charge in [0, 0.05) is 17.5 Å². The molecule has 1 atom stereocenters. The second-order valence-corrected chi connectivity index (χ2v) is 6.03. The molecule has 100 valence electrons. The Hall–Kier alpha value is -0.870. The van der Waals surface area contributed by atoms with Crippen molar-refractivity contribution in [1.82, 2.24) is 10.2 Å². The Morgan fingerprint density at radius 1 is 1.56 bits per heavy atom. The predicted molar refractivity (Wildman–Crippen MR) is 75.9 cm³/mol. The van der Waals surface area contributed by atoms with Crippen LogP contribution in [0.15, 0.2) is 17.5 Å². The summed E-state index contributed by atoms with van der Waals surface area (Å²) in [4.78, 5) is 15.5. The third kappa shape index (κ3) is 4.10. The number of rotatable bonds is 5. The Morgan fingerprint density at radius 3 is 3.17 bits per heavy atom. The molecular weight excluding hydrogens is 244 g/mol. The molecule has 0 spiro atoms. The van der Waals surface area contributed by atoms with Crippen LogP contribution >= 0.6 is 11.3 Å². The van der Waals surface area contributed by atoms with E-state index in [9.17, 15) is 4.79 Å². The number of amides is 1. The lowest BCUT2D eigenvalue weighted by atomic mass is 10.0. The van der Waals surface area contributed by atoms with Gasteiger partial charge in [-0.25, -0.2) is 0 Å². The smallest absolute Gasteiger partial charge is 0.234 e. The van der Waals surface area contributed by atoms with Crippen LogP contribution in [0.4, 0.5) is 0 Å². The van der Waals surface area contributed by atoms with Crippen LogP contribution in [0.25, 0.3) is 0 Å². The highest BCUT2D eigenvalue weighted by Gasteiger charge is 2.20. The number of nitrogens with zero attached hydrogens (tertiary/aromatic N) is 1. The van der Waals surface area contributed by atoms with E-state index < -0.39 is 0 Å². The van der Waals surface area contributed by atoms with E-state index in [4.69, 9.17) is 0 Å². The molecule has 1 aromatic rings. The summed E-state index contributed by atoms with van der Waals surface area (Å²) in [7, 11) is 0. The molecule has 2 heterocycles. The molecule has 0 aromatic carbocycles. The maximum absolute atomic E-state index is 11.8. The number of thiophene rings is 1. The molecule has 0 radical (unpaired) electrons. The highest BCUT2D eigenvalue weighted by molar-refractivity contribution is 7.09. The minimum Gasteiger partial charge on any atom is -0.355 e. The average Bonchev–Trinajstić information content (AvgIpc) is 2.85. The van der Waals surface area contributed by atoms with Gasteiger partial charge >= 0.3 is 0 Å². The average molecular weight is 266 g/mol. The van der Waals surface area contributed by atoms with Crippen LogP contribution in [-0.4, -0.2) is 36.5 Å². The minimum atomic E-state index is 0.167. The number of nitrogens with one attached hydrogen (secondary N) is 1. The second kappa shape index (κ2) is 6.90. The largest absolute Gasteiger partial charge is 0.355 e. The van der Waals surface area contributed by atoms with Gasteiger partial charge in [-0.3, -0.25) is 9.69 Å². The van der Waals surface area contributed by atoms with Gasteiger partial charge in [0.1, 0.15) is 0 Å². The number of carbonyl (C=O) groups is 1. The molecule has 0 bridgehead atoms. The zero-order chi connectivity index (χ0) is 12.8. The summed E-state index contributed by atoms with van der Waals surface area (Å²) in [5.41, 5.74) is 0. The van der Waals surface area contributed by atoms with E-state index >= 15 is 0 Å². The van der Waals surface area contributed by atoms with Crippen molar-refractivity contribution in [2.45, 2.75) is 38.6 Å².